The fourth-order valence-electron chi connectivity index (χ4n) is 3.39. The van der Waals surface area contributed by atoms with E-state index in [1.165, 1.54) is 16.7 Å². The van der Waals surface area contributed by atoms with Crippen molar-refractivity contribution in [3.63, 3.8) is 0 Å². The average molecular weight is 367 g/mol. The quantitative estimate of drug-likeness (QED) is 0.823. The number of carbonyl (C=O) groups is 1. The third kappa shape index (κ3) is 5.57. The van der Waals surface area contributed by atoms with Gasteiger partial charge in [0.25, 0.3) is 0 Å². The second kappa shape index (κ2) is 8.13. The lowest BCUT2D eigenvalue weighted by Crippen LogP contribution is -2.53. The van der Waals surface area contributed by atoms with E-state index in [2.05, 4.69) is 65.8 Å². The van der Waals surface area contributed by atoms with E-state index < -0.39 is 5.60 Å². The zero-order valence-corrected chi connectivity index (χ0v) is 16.7. The van der Waals surface area contributed by atoms with Gasteiger partial charge in [-0.1, -0.05) is 54.6 Å². The van der Waals surface area contributed by atoms with Crippen LogP contribution >= 0.6 is 0 Å². The lowest BCUT2D eigenvalue weighted by molar-refractivity contribution is 0.0409. The summed E-state index contributed by atoms with van der Waals surface area (Å²) in [5.41, 5.74) is 3.34. The number of ether oxygens (including phenoxy) is 1. The van der Waals surface area contributed by atoms with Crippen molar-refractivity contribution in [2.45, 2.75) is 57.8 Å². The Morgan fingerprint density at radius 1 is 1.04 bits per heavy atom. The molecular weight excluding hydrogens is 336 g/mol. The van der Waals surface area contributed by atoms with E-state index in [-0.39, 0.29) is 12.1 Å². The minimum Gasteiger partial charge on any atom is -0.444 e. The van der Waals surface area contributed by atoms with Crippen LogP contribution in [0.1, 0.15) is 39.2 Å². The maximum atomic E-state index is 11.8. The van der Waals surface area contributed by atoms with Crippen LogP contribution in [0, 0.1) is 0 Å². The summed E-state index contributed by atoms with van der Waals surface area (Å²) in [4.78, 5) is 14.2. The molecule has 0 spiro atoms. The molecular formula is C23H30N2O2. The van der Waals surface area contributed by atoms with Gasteiger partial charge in [0.15, 0.2) is 0 Å². The first-order valence-electron chi connectivity index (χ1n) is 9.64. The zero-order valence-electron chi connectivity index (χ0n) is 16.7. The Morgan fingerprint density at radius 3 is 2.22 bits per heavy atom. The number of hydrogen-bond acceptors (Lipinski definition) is 3. The maximum absolute atomic E-state index is 11.8. The topological polar surface area (TPSA) is 41.6 Å². The highest BCUT2D eigenvalue weighted by atomic mass is 16.6. The molecule has 0 saturated heterocycles. The van der Waals surface area contributed by atoms with Crippen LogP contribution in [0.25, 0.3) is 11.1 Å². The van der Waals surface area contributed by atoms with Gasteiger partial charge in [-0.3, -0.25) is 4.90 Å². The van der Waals surface area contributed by atoms with Crippen LogP contribution in [0.4, 0.5) is 4.79 Å². The first-order chi connectivity index (χ1) is 12.8. The van der Waals surface area contributed by atoms with Gasteiger partial charge in [-0.2, -0.15) is 0 Å². The number of carbonyl (C=O) groups excluding carboxylic acids is 1. The molecule has 144 valence electrons. The molecule has 3 rings (SSSR count). The van der Waals surface area contributed by atoms with Crippen molar-refractivity contribution in [2.75, 3.05) is 7.05 Å². The van der Waals surface area contributed by atoms with Gasteiger partial charge in [-0.05, 0) is 57.4 Å². The fourth-order valence-corrected chi connectivity index (χ4v) is 3.39. The van der Waals surface area contributed by atoms with Gasteiger partial charge in [0.05, 0.1) is 0 Å². The van der Waals surface area contributed by atoms with Crippen molar-refractivity contribution < 1.29 is 9.53 Å². The lowest BCUT2D eigenvalue weighted by Gasteiger charge is -2.41. The van der Waals surface area contributed by atoms with Crippen LogP contribution in [0.2, 0.25) is 0 Å². The summed E-state index contributed by atoms with van der Waals surface area (Å²) in [7, 11) is 2.15. The van der Waals surface area contributed by atoms with Crippen LogP contribution in [0.5, 0.6) is 0 Å². The van der Waals surface area contributed by atoms with Gasteiger partial charge in [0.1, 0.15) is 5.60 Å². The van der Waals surface area contributed by atoms with Gasteiger partial charge >= 0.3 is 6.09 Å². The second-order valence-electron chi connectivity index (χ2n) is 8.45. The Labute approximate surface area is 162 Å². The van der Waals surface area contributed by atoms with Crippen LogP contribution in [-0.4, -0.2) is 35.7 Å². The molecule has 2 aromatic carbocycles. The molecule has 0 aromatic heterocycles. The Morgan fingerprint density at radius 2 is 1.63 bits per heavy atom. The van der Waals surface area contributed by atoms with Crippen molar-refractivity contribution in [1.29, 1.82) is 0 Å². The van der Waals surface area contributed by atoms with Crippen molar-refractivity contribution in [3.05, 3.63) is 60.2 Å². The molecule has 2 aromatic rings. The third-order valence-electron chi connectivity index (χ3n) is 4.95. The summed E-state index contributed by atoms with van der Waals surface area (Å²) >= 11 is 0. The second-order valence-corrected chi connectivity index (χ2v) is 8.45. The molecule has 4 nitrogen and oxygen atoms in total. The summed E-state index contributed by atoms with van der Waals surface area (Å²) in [6, 6.07) is 19.9. The molecule has 4 heteroatoms. The smallest absolute Gasteiger partial charge is 0.407 e. The van der Waals surface area contributed by atoms with Crippen LogP contribution in [0.3, 0.4) is 0 Å². The van der Waals surface area contributed by atoms with Crippen molar-refractivity contribution in [3.8, 4) is 11.1 Å². The highest BCUT2D eigenvalue weighted by Crippen LogP contribution is 2.27. The van der Waals surface area contributed by atoms with Gasteiger partial charge in [0.2, 0.25) is 0 Å². The highest BCUT2D eigenvalue weighted by molar-refractivity contribution is 5.68. The van der Waals surface area contributed by atoms with Gasteiger partial charge in [0, 0.05) is 18.6 Å². The Balaban J connectivity index is 1.45. The van der Waals surface area contributed by atoms with E-state index in [1.807, 2.05) is 26.8 Å². The third-order valence-corrected chi connectivity index (χ3v) is 4.95. The summed E-state index contributed by atoms with van der Waals surface area (Å²) in [5.74, 6) is 0. The molecule has 0 bridgehead atoms. The summed E-state index contributed by atoms with van der Waals surface area (Å²) in [5, 5.41) is 2.96. The Bertz CT molecular complexity index is 744. The van der Waals surface area contributed by atoms with Crippen LogP contribution < -0.4 is 5.32 Å². The van der Waals surface area contributed by atoms with Gasteiger partial charge < -0.3 is 10.1 Å². The van der Waals surface area contributed by atoms with Crippen molar-refractivity contribution in [2.24, 2.45) is 0 Å². The molecule has 1 N–H and O–H groups in total. The average Bonchev–Trinajstić information content (AvgIpc) is 2.57. The fraction of sp³-hybridized carbons (Fsp3) is 0.435. The standard InChI is InChI=1S/C23H30N2O2/c1-23(2,3)27-22(26)24-20-14-21(15-20)25(4)16-17-10-12-19(13-11-17)18-8-6-5-7-9-18/h5-13,20-21H,14-16H2,1-4H3,(H,24,26). The molecule has 1 fully saturated rings. The van der Waals surface area contributed by atoms with Gasteiger partial charge in [-0.25, -0.2) is 4.79 Å². The lowest BCUT2D eigenvalue weighted by atomic mass is 9.85. The Kier molecular flexibility index (Phi) is 5.85. The summed E-state index contributed by atoms with van der Waals surface area (Å²) < 4.78 is 5.32. The molecule has 0 radical (unpaired) electrons. The van der Waals surface area contributed by atoms with E-state index in [0.717, 1.165) is 19.4 Å². The summed E-state index contributed by atoms with van der Waals surface area (Å²) in [6.07, 6.45) is 1.63. The molecule has 1 aliphatic rings. The SMILES string of the molecule is CN(Cc1ccc(-c2ccccc2)cc1)C1CC(NC(=O)OC(C)(C)C)C1. The first kappa shape index (κ1) is 19.4. The number of alkyl carbamates (subject to hydrolysis) is 1. The number of nitrogens with one attached hydrogen (secondary N) is 1. The molecule has 1 aliphatic carbocycles. The van der Waals surface area contributed by atoms with E-state index in [1.54, 1.807) is 0 Å². The van der Waals surface area contributed by atoms with Crippen molar-refractivity contribution >= 4 is 6.09 Å². The molecule has 27 heavy (non-hydrogen) atoms. The largest absolute Gasteiger partial charge is 0.444 e. The van der Waals surface area contributed by atoms with E-state index >= 15 is 0 Å². The minimum absolute atomic E-state index is 0.216. The zero-order chi connectivity index (χ0) is 19.4. The summed E-state index contributed by atoms with van der Waals surface area (Å²) in [6.45, 7) is 6.56. The maximum Gasteiger partial charge on any atom is 0.407 e. The number of rotatable bonds is 5. The molecule has 0 heterocycles. The number of nitrogens with zero attached hydrogens (tertiary/aromatic N) is 1. The number of hydrogen-bond donors (Lipinski definition) is 1. The van der Waals surface area contributed by atoms with E-state index in [9.17, 15) is 4.79 Å². The highest BCUT2D eigenvalue weighted by Gasteiger charge is 2.33. The predicted molar refractivity (Wildman–Crippen MR) is 110 cm³/mol. The van der Waals surface area contributed by atoms with Crippen molar-refractivity contribution in [1.82, 2.24) is 10.2 Å². The molecule has 1 amide bonds. The van der Waals surface area contributed by atoms with Crippen LogP contribution in [-0.2, 0) is 11.3 Å². The Hall–Kier alpha value is -2.33. The normalized spacial score (nSPS) is 19.4. The van der Waals surface area contributed by atoms with Gasteiger partial charge in [-0.15, -0.1) is 0 Å². The molecule has 0 atom stereocenters. The van der Waals surface area contributed by atoms with Crippen LogP contribution in [0.15, 0.2) is 54.6 Å². The van der Waals surface area contributed by atoms with E-state index in [4.69, 9.17) is 4.74 Å². The minimum atomic E-state index is -0.448. The number of benzene rings is 2. The molecule has 0 unspecified atom stereocenters. The van der Waals surface area contributed by atoms with E-state index in [0.29, 0.717) is 6.04 Å². The first-order valence-corrected chi connectivity index (χ1v) is 9.64. The number of amides is 1. The molecule has 0 aliphatic heterocycles. The monoisotopic (exact) mass is 366 g/mol. The predicted octanol–water partition coefficient (Wildman–Crippen LogP) is 4.84. The molecule has 1 saturated carbocycles.